The summed E-state index contributed by atoms with van der Waals surface area (Å²) in [6, 6.07) is 13.4. The Morgan fingerprint density at radius 1 is 1.04 bits per heavy atom. The van der Waals surface area contributed by atoms with Crippen molar-refractivity contribution in [1.29, 1.82) is 0 Å². The number of nitrogens with zero attached hydrogens (tertiary/aromatic N) is 1. The maximum Gasteiger partial charge on any atom is 0.253 e. The Labute approximate surface area is 137 Å². The molecule has 0 N–H and O–H groups in total. The molecule has 0 radical (unpaired) electrons. The zero-order chi connectivity index (χ0) is 16.8. The van der Waals surface area contributed by atoms with Crippen molar-refractivity contribution in [3.63, 3.8) is 0 Å². The summed E-state index contributed by atoms with van der Waals surface area (Å²) < 4.78 is 10.6. The quantitative estimate of drug-likeness (QED) is 0.819. The summed E-state index contributed by atoms with van der Waals surface area (Å²) in [5, 5.41) is 0. The van der Waals surface area contributed by atoms with Gasteiger partial charge in [0.15, 0.2) is 0 Å². The third-order valence-electron chi connectivity index (χ3n) is 3.86. The summed E-state index contributed by atoms with van der Waals surface area (Å²) in [5.41, 5.74) is 2.85. The molecule has 0 bridgehead atoms. The molecule has 2 aromatic rings. The summed E-state index contributed by atoms with van der Waals surface area (Å²) in [6.45, 7) is 2.57. The maximum atomic E-state index is 12.5. The smallest absolute Gasteiger partial charge is 0.253 e. The largest absolute Gasteiger partial charge is 0.497 e. The lowest BCUT2D eigenvalue weighted by molar-refractivity contribution is 0.0784. The number of rotatable bonds is 6. The van der Waals surface area contributed by atoms with E-state index in [1.54, 1.807) is 26.2 Å². The summed E-state index contributed by atoms with van der Waals surface area (Å²) in [4.78, 5) is 14.2. The Morgan fingerprint density at radius 2 is 1.74 bits per heavy atom. The predicted molar refractivity (Wildman–Crippen MR) is 91.2 cm³/mol. The van der Waals surface area contributed by atoms with E-state index in [1.807, 2.05) is 42.5 Å². The second-order valence-electron chi connectivity index (χ2n) is 5.39. The van der Waals surface area contributed by atoms with Crippen molar-refractivity contribution >= 4 is 5.91 Å². The first-order valence-electron chi connectivity index (χ1n) is 7.64. The van der Waals surface area contributed by atoms with Gasteiger partial charge in [-0.1, -0.05) is 19.1 Å². The molecule has 0 saturated carbocycles. The molecule has 2 rings (SSSR count). The van der Waals surface area contributed by atoms with Crippen LogP contribution in [-0.4, -0.2) is 32.1 Å². The molecule has 0 heterocycles. The van der Waals surface area contributed by atoms with E-state index in [4.69, 9.17) is 9.47 Å². The monoisotopic (exact) mass is 313 g/mol. The fourth-order valence-corrected chi connectivity index (χ4v) is 2.41. The number of ether oxygens (including phenoxy) is 2. The molecule has 2 aromatic carbocycles. The molecular weight excluding hydrogens is 290 g/mol. The zero-order valence-corrected chi connectivity index (χ0v) is 14.1. The Bertz CT molecular complexity index is 665. The van der Waals surface area contributed by atoms with Crippen molar-refractivity contribution in [2.75, 3.05) is 21.3 Å². The molecule has 4 nitrogen and oxygen atoms in total. The number of carbonyl (C=O) groups is 1. The van der Waals surface area contributed by atoms with E-state index >= 15 is 0 Å². The fraction of sp³-hybridized carbons (Fsp3) is 0.316. The normalized spacial score (nSPS) is 10.3. The topological polar surface area (TPSA) is 38.8 Å². The van der Waals surface area contributed by atoms with E-state index in [2.05, 4.69) is 6.92 Å². The maximum absolute atomic E-state index is 12.5. The standard InChI is InChI=1S/C19H23NO3/c1-5-14-6-8-15(9-7-14)19(21)20(2)13-16-10-11-17(22-3)12-18(16)23-4/h6-12H,5,13H2,1-4H3. The van der Waals surface area contributed by atoms with E-state index in [9.17, 15) is 4.79 Å². The number of amides is 1. The Morgan fingerprint density at radius 3 is 2.30 bits per heavy atom. The van der Waals surface area contributed by atoms with Gasteiger partial charge >= 0.3 is 0 Å². The molecule has 122 valence electrons. The number of hydrogen-bond acceptors (Lipinski definition) is 3. The van der Waals surface area contributed by atoms with E-state index < -0.39 is 0 Å². The van der Waals surface area contributed by atoms with Gasteiger partial charge in [0.05, 0.1) is 14.2 Å². The van der Waals surface area contributed by atoms with Crippen LogP contribution in [-0.2, 0) is 13.0 Å². The highest BCUT2D eigenvalue weighted by molar-refractivity contribution is 5.94. The number of aryl methyl sites for hydroxylation is 1. The molecular formula is C19H23NO3. The number of hydrogen-bond donors (Lipinski definition) is 0. The van der Waals surface area contributed by atoms with Crippen molar-refractivity contribution in [3.8, 4) is 11.5 Å². The molecule has 0 aliphatic carbocycles. The van der Waals surface area contributed by atoms with Gasteiger partial charge in [0.25, 0.3) is 5.91 Å². The summed E-state index contributed by atoms with van der Waals surface area (Å²) in [5.74, 6) is 1.44. The fourth-order valence-electron chi connectivity index (χ4n) is 2.41. The van der Waals surface area contributed by atoms with Gasteiger partial charge in [0.2, 0.25) is 0 Å². The minimum absolute atomic E-state index is 0.00877. The van der Waals surface area contributed by atoms with Gasteiger partial charge in [-0.15, -0.1) is 0 Å². The van der Waals surface area contributed by atoms with Crippen molar-refractivity contribution in [1.82, 2.24) is 4.90 Å². The number of benzene rings is 2. The first-order valence-corrected chi connectivity index (χ1v) is 7.64. The van der Waals surface area contributed by atoms with Crippen LogP contribution in [0.5, 0.6) is 11.5 Å². The molecule has 0 fully saturated rings. The second-order valence-corrected chi connectivity index (χ2v) is 5.39. The highest BCUT2D eigenvalue weighted by atomic mass is 16.5. The first kappa shape index (κ1) is 16.9. The van der Waals surface area contributed by atoms with Crippen LogP contribution in [0.3, 0.4) is 0 Å². The molecule has 0 aliphatic rings. The molecule has 1 amide bonds. The van der Waals surface area contributed by atoms with Crippen LogP contribution < -0.4 is 9.47 Å². The molecule has 0 atom stereocenters. The Kier molecular flexibility index (Phi) is 5.63. The average Bonchev–Trinajstić information content (AvgIpc) is 2.61. The van der Waals surface area contributed by atoms with E-state index in [-0.39, 0.29) is 5.91 Å². The second kappa shape index (κ2) is 7.68. The van der Waals surface area contributed by atoms with Gasteiger partial charge < -0.3 is 14.4 Å². The van der Waals surface area contributed by atoms with Gasteiger partial charge in [-0.25, -0.2) is 0 Å². The van der Waals surface area contributed by atoms with Gasteiger partial charge in [-0.3, -0.25) is 4.79 Å². The summed E-state index contributed by atoms with van der Waals surface area (Å²) >= 11 is 0. The molecule has 23 heavy (non-hydrogen) atoms. The molecule has 0 aromatic heterocycles. The van der Waals surface area contributed by atoms with Crippen molar-refractivity contribution < 1.29 is 14.3 Å². The molecule has 0 saturated heterocycles. The molecule has 4 heteroatoms. The first-order chi connectivity index (χ1) is 11.1. The number of carbonyl (C=O) groups excluding carboxylic acids is 1. The molecule has 0 unspecified atom stereocenters. The minimum atomic E-state index is -0.00877. The van der Waals surface area contributed by atoms with Crippen molar-refractivity contribution in [2.24, 2.45) is 0 Å². The average molecular weight is 313 g/mol. The predicted octanol–water partition coefficient (Wildman–Crippen LogP) is 3.54. The molecule has 0 aliphatic heterocycles. The summed E-state index contributed by atoms with van der Waals surface area (Å²) in [7, 11) is 5.02. The Hall–Kier alpha value is -2.49. The molecule has 0 spiro atoms. The van der Waals surface area contributed by atoms with Crippen LogP contribution in [0, 0.1) is 0 Å². The minimum Gasteiger partial charge on any atom is -0.497 e. The SMILES string of the molecule is CCc1ccc(C(=O)N(C)Cc2ccc(OC)cc2OC)cc1. The van der Waals surface area contributed by atoms with Gasteiger partial charge in [-0.05, 0) is 36.2 Å². The lowest BCUT2D eigenvalue weighted by Gasteiger charge is -2.19. The van der Waals surface area contributed by atoms with Crippen molar-refractivity contribution in [3.05, 3.63) is 59.2 Å². The van der Waals surface area contributed by atoms with Gasteiger partial charge in [-0.2, -0.15) is 0 Å². The van der Waals surface area contributed by atoms with Crippen LogP contribution in [0.15, 0.2) is 42.5 Å². The van der Waals surface area contributed by atoms with E-state index in [0.717, 1.165) is 17.7 Å². The van der Waals surface area contributed by atoms with Crippen LogP contribution in [0.4, 0.5) is 0 Å². The van der Waals surface area contributed by atoms with E-state index in [1.165, 1.54) is 5.56 Å². The third kappa shape index (κ3) is 4.03. The van der Waals surface area contributed by atoms with Crippen molar-refractivity contribution in [2.45, 2.75) is 19.9 Å². The number of methoxy groups -OCH3 is 2. The third-order valence-corrected chi connectivity index (χ3v) is 3.86. The summed E-state index contributed by atoms with van der Waals surface area (Å²) in [6.07, 6.45) is 0.966. The highest BCUT2D eigenvalue weighted by Gasteiger charge is 2.14. The lowest BCUT2D eigenvalue weighted by atomic mass is 10.1. The van der Waals surface area contributed by atoms with Gasteiger partial charge in [0, 0.05) is 30.8 Å². The van der Waals surface area contributed by atoms with E-state index in [0.29, 0.717) is 17.9 Å². The lowest BCUT2D eigenvalue weighted by Crippen LogP contribution is -2.26. The van der Waals surface area contributed by atoms with Gasteiger partial charge in [0.1, 0.15) is 11.5 Å². The van der Waals surface area contributed by atoms with Crippen LogP contribution in [0.1, 0.15) is 28.4 Å². The zero-order valence-electron chi connectivity index (χ0n) is 14.1. The highest BCUT2D eigenvalue weighted by Crippen LogP contribution is 2.25. The Balaban J connectivity index is 2.14. The van der Waals surface area contributed by atoms with Crippen LogP contribution in [0.25, 0.3) is 0 Å². The van der Waals surface area contributed by atoms with Crippen LogP contribution in [0.2, 0.25) is 0 Å². The van der Waals surface area contributed by atoms with Crippen LogP contribution >= 0.6 is 0 Å².